The molecular weight excluding hydrogens is 208 g/mol. The van der Waals surface area contributed by atoms with Crippen LogP contribution in [0.1, 0.15) is 30.3 Å². The molecule has 0 radical (unpaired) electrons. The summed E-state index contributed by atoms with van der Waals surface area (Å²) in [5, 5.41) is 9.46. The molecule has 0 aromatic carbocycles. The molecule has 0 saturated carbocycles. The van der Waals surface area contributed by atoms with Gasteiger partial charge in [0, 0.05) is 13.6 Å². The zero-order valence-electron chi connectivity index (χ0n) is 9.47. The van der Waals surface area contributed by atoms with Gasteiger partial charge in [-0.15, -0.1) is 5.11 Å². The molecule has 0 spiro atoms. The topological polar surface area (TPSA) is 99.7 Å². The van der Waals surface area contributed by atoms with Crippen molar-refractivity contribution in [2.75, 3.05) is 13.6 Å². The van der Waals surface area contributed by atoms with Crippen LogP contribution >= 0.6 is 0 Å². The molecular formula is C9H16N6O. The van der Waals surface area contributed by atoms with Gasteiger partial charge in [-0.1, -0.05) is 18.6 Å². The molecule has 0 unspecified atom stereocenters. The lowest BCUT2D eigenvalue weighted by Crippen LogP contribution is -2.12. The van der Waals surface area contributed by atoms with Gasteiger partial charge in [0.1, 0.15) is 0 Å². The van der Waals surface area contributed by atoms with E-state index in [2.05, 4.69) is 27.2 Å². The summed E-state index contributed by atoms with van der Waals surface area (Å²) in [6, 6.07) is 0. The Kier molecular flexibility index (Phi) is 4.43. The number of aromatic amines is 1. The number of carbonyl (C=O) groups excluding carboxylic acids is 1. The van der Waals surface area contributed by atoms with Crippen molar-refractivity contribution in [3.8, 4) is 0 Å². The zero-order valence-corrected chi connectivity index (χ0v) is 9.47. The quantitative estimate of drug-likeness (QED) is 0.561. The van der Waals surface area contributed by atoms with Crippen molar-refractivity contribution < 1.29 is 4.79 Å². The Balaban J connectivity index is 2.61. The monoisotopic (exact) mass is 224 g/mol. The predicted molar refractivity (Wildman–Crippen MR) is 59.2 cm³/mol. The fraction of sp³-hybridized carbons (Fsp3) is 0.556. The van der Waals surface area contributed by atoms with Crippen molar-refractivity contribution in [3.05, 3.63) is 12.0 Å². The molecule has 1 amide bonds. The Bertz CT molecular complexity index is 372. The number of nitrogens with two attached hydrogens (primary N) is 1. The van der Waals surface area contributed by atoms with Crippen molar-refractivity contribution in [3.63, 3.8) is 0 Å². The first kappa shape index (κ1) is 12.2. The molecule has 1 heterocycles. The standard InChI is InChI=1S/C9H16N6O/c1-3-4-5-15(2)14-13-9-7(8(10)16)11-6-12-9/h6H,3-5H2,1-2H3,(H2,10,16)(H,11,12)/b14-13+. The third-order valence-corrected chi connectivity index (χ3v) is 1.99. The van der Waals surface area contributed by atoms with E-state index in [0.29, 0.717) is 0 Å². The van der Waals surface area contributed by atoms with Gasteiger partial charge in [-0.05, 0) is 6.42 Å². The van der Waals surface area contributed by atoms with Gasteiger partial charge in [-0.25, -0.2) is 4.98 Å². The van der Waals surface area contributed by atoms with Crippen molar-refractivity contribution in [2.24, 2.45) is 16.1 Å². The van der Waals surface area contributed by atoms with E-state index in [1.165, 1.54) is 6.33 Å². The minimum absolute atomic E-state index is 0.174. The molecule has 3 N–H and O–H groups in total. The highest BCUT2D eigenvalue weighted by Crippen LogP contribution is 2.13. The van der Waals surface area contributed by atoms with Crippen LogP contribution in [0.2, 0.25) is 0 Å². The van der Waals surface area contributed by atoms with Gasteiger partial charge in [-0.2, -0.15) is 0 Å². The van der Waals surface area contributed by atoms with Crippen LogP contribution in [-0.2, 0) is 0 Å². The summed E-state index contributed by atoms with van der Waals surface area (Å²) in [7, 11) is 1.82. The number of hydrogen-bond donors (Lipinski definition) is 2. The number of nitrogens with zero attached hydrogens (tertiary/aromatic N) is 4. The van der Waals surface area contributed by atoms with Crippen molar-refractivity contribution in [1.82, 2.24) is 15.0 Å². The first-order valence-electron chi connectivity index (χ1n) is 5.11. The number of primary amides is 1. The van der Waals surface area contributed by atoms with Gasteiger partial charge in [0.15, 0.2) is 5.69 Å². The minimum atomic E-state index is -0.595. The highest BCUT2D eigenvalue weighted by atomic mass is 16.1. The SMILES string of the molecule is CCCCN(C)/N=N/c1nc[nH]c1C(N)=O. The Morgan fingerprint density at radius 2 is 2.44 bits per heavy atom. The molecule has 0 fully saturated rings. The Morgan fingerprint density at radius 1 is 1.69 bits per heavy atom. The molecule has 16 heavy (non-hydrogen) atoms. The van der Waals surface area contributed by atoms with Crippen molar-refractivity contribution in [1.29, 1.82) is 0 Å². The predicted octanol–water partition coefficient (Wildman–Crippen LogP) is 1.24. The lowest BCUT2D eigenvalue weighted by Gasteiger charge is -2.08. The number of aromatic nitrogens is 2. The number of carbonyl (C=O) groups is 1. The first-order valence-corrected chi connectivity index (χ1v) is 5.11. The van der Waals surface area contributed by atoms with Crippen LogP contribution in [0.15, 0.2) is 16.7 Å². The van der Waals surface area contributed by atoms with Gasteiger partial charge in [0.2, 0.25) is 5.82 Å². The van der Waals surface area contributed by atoms with Crippen LogP contribution in [0, 0.1) is 0 Å². The summed E-state index contributed by atoms with van der Waals surface area (Å²) in [6.07, 6.45) is 3.49. The lowest BCUT2D eigenvalue weighted by atomic mass is 10.3. The Labute approximate surface area is 93.7 Å². The van der Waals surface area contributed by atoms with E-state index < -0.39 is 5.91 Å². The van der Waals surface area contributed by atoms with Gasteiger partial charge in [0.25, 0.3) is 5.91 Å². The molecule has 88 valence electrons. The second-order valence-corrected chi connectivity index (χ2v) is 3.39. The second-order valence-electron chi connectivity index (χ2n) is 3.39. The molecule has 0 aliphatic heterocycles. The molecule has 1 aromatic heterocycles. The third kappa shape index (κ3) is 3.34. The summed E-state index contributed by atoms with van der Waals surface area (Å²) < 4.78 is 0. The average Bonchev–Trinajstić information content (AvgIpc) is 2.71. The van der Waals surface area contributed by atoms with Gasteiger partial charge >= 0.3 is 0 Å². The van der Waals surface area contributed by atoms with Gasteiger partial charge in [-0.3, -0.25) is 9.80 Å². The van der Waals surface area contributed by atoms with Crippen molar-refractivity contribution in [2.45, 2.75) is 19.8 Å². The second kappa shape index (κ2) is 5.84. The molecule has 1 aromatic rings. The number of rotatable bonds is 6. The molecule has 0 atom stereocenters. The molecule has 0 bridgehead atoms. The maximum Gasteiger partial charge on any atom is 0.269 e. The maximum absolute atomic E-state index is 10.9. The number of hydrogen-bond acceptors (Lipinski definition) is 4. The normalized spacial score (nSPS) is 10.9. The highest BCUT2D eigenvalue weighted by Gasteiger charge is 2.09. The summed E-state index contributed by atoms with van der Waals surface area (Å²) in [5.74, 6) is -0.376. The Morgan fingerprint density at radius 3 is 3.06 bits per heavy atom. The van der Waals surface area contributed by atoms with Crippen molar-refractivity contribution >= 4 is 11.7 Å². The summed E-state index contributed by atoms with van der Waals surface area (Å²) in [5.41, 5.74) is 5.29. The summed E-state index contributed by atoms with van der Waals surface area (Å²) >= 11 is 0. The van der Waals surface area contributed by atoms with E-state index in [0.717, 1.165) is 19.4 Å². The largest absolute Gasteiger partial charge is 0.364 e. The molecule has 0 aliphatic rings. The number of amides is 1. The molecule has 0 aliphatic carbocycles. The number of unbranched alkanes of at least 4 members (excludes halogenated alkanes) is 1. The van der Waals surface area contributed by atoms with Crippen LogP contribution in [0.3, 0.4) is 0 Å². The van der Waals surface area contributed by atoms with E-state index in [1.54, 1.807) is 5.01 Å². The molecule has 0 saturated heterocycles. The number of imidazole rings is 1. The van der Waals surface area contributed by atoms with Crippen LogP contribution in [0.25, 0.3) is 0 Å². The average molecular weight is 224 g/mol. The van der Waals surface area contributed by atoms with E-state index in [-0.39, 0.29) is 11.5 Å². The minimum Gasteiger partial charge on any atom is -0.364 e. The van der Waals surface area contributed by atoms with Crippen LogP contribution in [0.5, 0.6) is 0 Å². The summed E-state index contributed by atoms with van der Waals surface area (Å²) in [4.78, 5) is 17.4. The molecule has 7 nitrogen and oxygen atoms in total. The van der Waals surface area contributed by atoms with Gasteiger partial charge in [0.05, 0.1) is 6.33 Å². The van der Waals surface area contributed by atoms with E-state index in [1.807, 2.05) is 7.05 Å². The van der Waals surface area contributed by atoms with E-state index in [4.69, 9.17) is 5.73 Å². The number of H-pyrrole nitrogens is 1. The van der Waals surface area contributed by atoms with E-state index in [9.17, 15) is 4.79 Å². The number of nitrogens with one attached hydrogen (secondary N) is 1. The van der Waals surface area contributed by atoms with Crippen LogP contribution < -0.4 is 5.73 Å². The Hall–Kier alpha value is -1.92. The fourth-order valence-electron chi connectivity index (χ4n) is 1.09. The lowest BCUT2D eigenvalue weighted by molar-refractivity contribution is 0.0996. The smallest absolute Gasteiger partial charge is 0.269 e. The maximum atomic E-state index is 10.9. The zero-order chi connectivity index (χ0) is 12.0. The fourth-order valence-corrected chi connectivity index (χ4v) is 1.09. The first-order chi connectivity index (χ1) is 7.65. The van der Waals surface area contributed by atoms with Gasteiger partial charge < -0.3 is 10.7 Å². The third-order valence-electron chi connectivity index (χ3n) is 1.99. The summed E-state index contributed by atoms with van der Waals surface area (Å²) in [6.45, 7) is 2.92. The van der Waals surface area contributed by atoms with Crippen LogP contribution in [-0.4, -0.2) is 34.5 Å². The highest BCUT2D eigenvalue weighted by molar-refractivity contribution is 5.94. The van der Waals surface area contributed by atoms with Crippen LogP contribution in [0.4, 0.5) is 5.82 Å². The van der Waals surface area contributed by atoms with E-state index >= 15 is 0 Å². The molecule has 1 rings (SSSR count). The molecule has 7 heteroatoms.